The third kappa shape index (κ3) is 3.28. The van der Waals surface area contributed by atoms with Gasteiger partial charge in [0.15, 0.2) is 0 Å². The van der Waals surface area contributed by atoms with Crippen LogP contribution in [0.1, 0.15) is 26.2 Å². The smallest absolute Gasteiger partial charge is 0.0528 e. The van der Waals surface area contributed by atoms with Gasteiger partial charge in [-0.15, -0.1) is 0 Å². The van der Waals surface area contributed by atoms with Crippen LogP contribution in [0.5, 0.6) is 0 Å². The van der Waals surface area contributed by atoms with E-state index in [1.54, 1.807) is 0 Å². The van der Waals surface area contributed by atoms with Crippen molar-refractivity contribution in [3.05, 3.63) is 11.6 Å². The summed E-state index contributed by atoms with van der Waals surface area (Å²) in [6.07, 6.45) is 6.06. The SMILES string of the molecule is CCC(=CC1CCCOC1)CBr. The molecule has 0 aromatic heterocycles. The number of halogens is 1. The molecule has 1 saturated heterocycles. The van der Waals surface area contributed by atoms with Gasteiger partial charge >= 0.3 is 0 Å². The van der Waals surface area contributed by atoms with Crippen LogP contribution in [0, 0.1) is 5.92 Å². The zero-order valence-electron chi connectivity index (χ0n) is 7.68. The molecule has 0 aromatic carbocycles. The molecular weight excluding hydrogens is 216 g/mol. The van der Waals surface area contributed by atoms with Gasteiger partial charge in [0.1, 0.15) is 0 Å². The highest BCUT2D eigenvalue weighted by Gasteiger charge is 2.11. The molecule has 0 saturated carbocycles. The largest absolute Gasteiger partial charge is 0.381 e. The van der Waals surface area contributed by atoms with Gasteiger partial charge in [-0.1, -0.05) is 34.5 Å². The summed E-state index contributed by atoms with van der Waals surface area (Å²) in [5.41, 5.74) is 1.51. The van der Waals surface area contributed by atoms with E-state index in [9.17, 15) is 0 Å². The molecule has 1 rings (SSSR count). The third-order valence-electron chi connectivity index (χ3n) is 2.29. The molecule has 0 N–H and O–H groups in total. The van der Waals surface area contributed by atoms with Crippen LogP contribution >= 0.6 is 15.9 Å². The molecule has 2 heteroatoms. The maximum atomic E-state index is 5.41. The second-order valence-electron chi connectivity index (χ2n) is 3.29. The van der Waals surface area contributed by atoms with Crippen LogP contribution in [0.4, 0.5) is 0 Å². The summed E-state index contributed by atoms with van der Waals surface area (Å²) in [6.45, 7) is 4.09. The molecule has 0 amide bonds. The van der Waals surface area contributed by atoms with Gasteiger partial charge in [0.2, 0.25) is 0 Å². The highest BCUT2D eigenvalue weighted by molar-refractivity contribution is 9.09. The van der Waals surface area contributed by atoms with E-state index >= 15 is 0 Å². The normalized spacial score (nSPS) is 25.8. The van der Waals surface area contributed by atoms with E-state index in [1.165, 1.54) is 18.4 Å². The fraction of sp³-hybridized carbons (Fsp3) is 0.800. The van der Waals surface area contributed by atoms with Crippen molar-refractivity contribution in [1.29, 1.82) is 0 Å². The molecule has 1 nitrogen and oxygen atoms in total. The number of allylic oxidation sites excluding steroid dienone is 1. The first-order valence-electron chi connectivity index (χ1n) is 4.70. The number of hydrogen-bond donors (Lipinski definition) is 0. The minimum atomic E-state index is 0.672. The second-order valence-corrected chi connectivity index (χ2v) is 3.85. The Morgan fingerprint density at radius 3 is 3.00 bits per heavy atom. The monoisotopic (exact) mass is 232 g/mol. The van der Waals surface area contributed by atoms with Crippen LogP contribution in [0.15, 0.2) is 11.6 Å². The Morgan fingerprint density at radius 2 is 2.50 bits per heavy atom. The van der Waals surface area contributed by atoms with Gasteiger partial charge < -0.3 is 4.74 Å². The fourth-order valence-electron chi connectivity index (χ4n) is 1.49. The molecule has 1 aliphatic rings. The minimum absolute atomic E-state index is 0.672. The first-order chi connectivity index (χ1) is 5.86. The number of alkyl halides is 1. The summed E-state index contributed by atoms with van der Waals surface area (Å²) >= 11 is 3.49. The Bertz CT molecular complexity index is 142. The van der Waals surface area contributed by atoms with Crippen LogP contribution in [-0.2, 0) is 4.74 Å². The van der Waals surface area contributed by atoms with Crippen molar-refractivity contribution in [3.63, 3.8) is 0 Å². The molecular formula is C10H17BrO. The molecule has 1 unspecified atom stereocenters. The van der Waals surface area contributed by atoms with E-state index < -0.39 is 0 Å². The van der Waals surface area contributed by atoms with Crippen molar-refractivity contribution in [2.75, 3.05) is 18.5 Å². The second kappa shape index (κ2) is 5.76. The van der Waals surface area contributed by atoms with E-state index in [-0.39, 0.29) is 0 Å². The molecule has 70 valence electrons. The molecule has 0 aliphatic carbocycles. The Kier molecular flexibility index (Phi) is 4.93. The topological polar surface area (TPSA) is 9.23 Å². The lowest BCUT2D eigenvalue weighted by Gasteiger charge is -2.19. The zero-order chi connectivity index (χ0) is 8.81. The van der Waals surface area contributed by atoms with Crippen molar-refractivity contribution >= 4 is 15.9 Å². The maximum absolute atomic E-state index is 5.41. The average molecular weight is 233 g/mol. The molecule has 1 fully saturated rings. The number of rotatable bonds is 3. The van der Waals surface area contributed by atoms with E-state index in [0.717, 1.165) is 25.0 Å². The van der Waals surface area contributed by atoms with Gasteiger partial charge in [-0.25, -0.2) is 0 Å². The summed E-state index contributed by atoms with van der Waals surface area (Å²) in [7, 11) is 0. The highest BCUT2D eigenvalue weighted by atomic mass is 79.9. The first-order valence-corrected chi connectivity index (χ1v) is 5.82. The van der Waals surface area contributed by atoms with Gasteiger partial charge in [-0.2, -0.15) is 0 Å². The van der Waals surface area contributed by atoms with Gasteiger partial charge in [-0.3, -0.25) is 0 Å². The van der Waals surface area contributed by atoms with Crippen molar-refractivity contribution < 1.29 is 4.74 Å². The first kappa shape index (κ1) is 10.3. The van der Waals surface area contributed by atoms with Crippen LogP contribution < -0.4 is 0 Å². The standard InChI is InChI=1S/C10H17BrO/c1-2-9(7-11)6-10-4-3-5-12-8-10/h6,10H,2-5,7-8H2,1H3. The van der Waals surface area contributed by atoms with Crippen molar-refractivity contribution in [3.8, 4) is 0 Å². The minimum Gasteiger partial charge on any atom is -0.381 e. The third-order valence-corrected chi connectivity index (χ3v) is 3.01. The van der Waals surface area contributed by atoms with Crippen LogP contribution in [-0.4, -0.2) is 18.5 Å². The summed E-state index contributed by atoms with van der Waals surface area (Å²) < 4.78 is 5.41. The molecule has 0 radical (unpaired) electrons. The predicted molar refractivity (Wildman–Crippen MR) is 55.7 cm³/mol. The van der Waals surface area contributed by atoms with Crippen molar-refractivity contribution in [2.24, 2.45) is 5.92 Å². The molecule has 1 aliphatic heterocycles. The zero-order valence-corrected chi connectivity index (χ0v) is 9.27. The van der Waals surface area contributed by atoms with Gasteiger partial charge in [-0.05, 0) is 19.3 Å². The molecule has 0 aromatic rings. The lowest BCUT2D eigenvalue weighted by Crippen LogP contribution is -2.15. The van der Waals surface area contributed by atoms with Crippen molar-refractivity contribution in [2.45, 2.75) is 26.2 Å². The fourth-order valence-corrected chi connectivity index (χ4v) is 2.07. The van der Waals surface area contributed by atoms with Crippen molar-refractivity contribution in [1.82, 2.24) is 0 Å². The van der Waals surface area contributed by atoms with Crippen LogP contribution in [0.25, 0.3) is 0 Å². The Morgan fingerprint density at radius 1 is 1.67 bits per heavy atom. The van der Waals surface area contributed by atoms with Gasteiger partial charge in [0.25, 0.3) is 0 Å². The molecule has 1 atom stereocenters. The Hall–Kier alpha value is 0.180. The lowest BCUT2D eigenvalue weighted by atomic mass is 9.99. The quantitative estimate of drug-likeness (QED) is 0.537. The van der Waals surface area contributed by atoms with Gasteiger partial charge in [0.05, 0.1) is 6.61 Å². The lowest BCUT2D eigenvalue weighted by molar-refractivity contribution is 0.0707. The summed E-state index contributed by atoms with van der Waals surface area (Å²) in [5.74, 6) is 0.672. The Balaban J connectivity index is 2.39. The highest BCUT2D eigenvalue weighted by Crippen LogP contribution is 2.18. The van der Waals surface area contributed by atoms with Crippen LogP contribution in [0.3, 0.4) is 0 Å². The maximum Gasteiger partial charge on any atom is 0.0528 e. The molecule has 1 heterocycles. The van der Waals surface area contributed by atoms with E-state index in [2.05, 4.69) is 28.9 Å². The molecule has 0 spiro atoms. The molecule has 12 heavy (non-hydrogen) atoms. The van der Waals surface area contributed by atoms with E-state index in [1.807, 2.05) is 0 Å². The predicted octanol–water partition coefficient (Wildman–Crippen LogP) is 3.14. The average Bonchev–Trinajstić information content (AvgIpc) is 2.16. The summed E-state index contributed by atoms with van der Waals surface area (Å²) in [6, 6.07) is 0. The van der Waals surface area contributed by atoms with E-state index in [0.29, 0.717) is 5.92 Å². The summed E-state index contributed by atoms with van der Waals surface area (Å²) in [5, 5.41) is 1.01. The molecule has 0 bridgehead atoms. The van der Waals surface area contributed by atoms with Gasteiger partial charge in [0, 0.05) is 17.9 Å². The Labute approximate surface area is 83.3 Å². The number of ether oxygens (including phenoxy) is 1. The van der Waals surface area contributed by atoms with Crippen LogP contribution in [0.2, 0.25) is 0 Å². The summed E-state index contributed by atoms with van der Waals surface area (Å²) in [4.78, 5) is 0. The van der Waals surface area contributed by atoms with E-state index in [4.69, 9.17) is 4.74 Å². The number of hydrogen-bond acceptors (Lipinski definition) is 1.